The van der Waals surface area contributed by atoms with Crippen LogP contribution in [0.15, 0.2) is 23.2 Å². The highest BCUT2D eigenvalue weighted by atomic mass is 32.2. The van der Waals surface area contributed by atoms with E-state index in [9.17, 15) is 4.79 Å². The summed E-state index contributed by atoms with van der Waals surface area (Å²) in [7, 11) is 1.55. The predicted molar refractivity (Wildman–Crippen MR) is 96.7 cm³/mol. The topological polar surface area (TPSA) is 51.7 Å². The van der Waals surface area contributed by atoms with Gasteiger partial charge in [-0.25, -0.2) is 14.2 Å². The molecule has 140 valence electrons. The van der Waals surface area contributed by atoms with E-state index < -0.39 is 10.6 Å². The molecule has 1 fully saturated rings. The summed E-state index contributed by atoms with van der Waals surface area (Å²) in [6.07, 6.45) is 2.53. The highest BCUT2D eigenvalue weighted by Crippen LogP contribution is 2.44. The van der Waals surface area contributed by atoms with Crippen LogP contribution in [0.3, 0.4) is 0 Å². The van der Waals surface area contributed by atoms with E-state index in [0.29, 0.717) is 31.8 Å². The number of carbonyl (C=O) groups excluding carboxylic acids is 1. The highest BCUT2D eigenvalue weighted by Gasteiger charge is 2.39. The Kier molecular flexibility index (Phi) is 6.19. The van der Waals surface area contributed by atoms with Crippen molar-refractivity contribution in [2.24, 2.45) is 5.92 Å². The number of pyridine rings is 1. The first-order chi connectivity index (χ1) is 11.6. The summed E-state index contributed by atoms with van der Waals surface area (Å²) in [6.45, 7) is 8.16. The Morgan fingerprint density at radius 2 is 1.92 bits per heavy atom. The van der Waals surface area contributed by atoms with Gasteiger partial charge in [0.25, 0.3) is 0 Å². The molecule has 25 heavy (non-hydrogen) atoms. The molecule has 2 rings (SSSR count). The molecule has 7 heteroatoms. The van der Waals surface area contributed by atoms with Gasteiger partial charge < -0.3 is 14.4 Å². The van der Waals surface area contributed by atoms with Crippen LogP contribution in [0.25, 0.3) is 0 Å². The molecule has 1 aromatic rings. The van der Waals surface area contributed by atoms with Gasteiger partial charge in [0.15, 0.2) is 5.00 Å². The largest absolute Gasteiger partial charge is 0.481 e. The second-order valence-corrected chi connectivity index (χ2v) is 8.84. The predicted octanol–water partition coefficient (Wildman–Crippen LogP) is 4.52. The summed E-state index contributed by atoms with van der Waals surface area (Å²) in [4.78, 5) is 18.7. The number of aromatic nitrogens is 1. The van der Waals surface area contributed by atoms with Crippen molar-refractivity contribution in [2.75, 3.05) is 20.2 Å². The van der Waals surface area contributed by atoms with Crippen LogP contribution in [0.2, 0.25) is 0 Å². The van der Waals surface area contributed by atoms with Gasteiger partial charge in [-0.2, -0.15) is 0 Å². The molecule has 1 aliphatic rings. The number of hydrogen-bond donors (Lipinski definition) is 0. The fourth-order valence-corrected chi connectivity index (χ4v) is 3.87. The molecular weight excluding hydrogens is 343 g/mol. The van der Waals surface area contributed by atoms with Crippen LogP contribution < -0.4 is 4.74 Å². The molecule has 1 aliphatic heterocycles. The van der Waals surface area contributed by atoms with E-state index in [0.717, 1.165) is 4.90 Å². The normalized spacial score (nSPS) is 18.6. The summed E-state index contributed by atoms with van der Waals surface area (Å²) in [5.41, 5.74) is -0.514. The SMILES string of the molecule is COc1ccc(SC(C)(F)C2CCN(C(=O)OC(C)(C)C)CC2)cn1. The van der Waals surface area contributed by atoms with Crippen molar-refractivity contribution in [3.63, 3.8) is 0 Å². The van der Waals surface area contributed by atoms with Crippen molar-refractivity contribution in [3.05, 3.63) is 18.3 Å². The molecule has 1 atom stereocenters. The van der Waals surface area contributed by atoms with Crippen molar-refractivity contribution >= 4 is 17.9 Å². The van der Waals surface area contributed by atoms with Crippen LogP contribution in [0.4, 0.5) is 9.18 Å². The fraction of sp³-hybridized carbons (Fsp3) is 0.667. The van der Waals surface area contributed by atoms with Gasteiger partial charge in [-0.3, -0.25) is 0 Å². The molecule has 0 radical (unpaired) electrons. The molecule has 1 amide bonds. The molecule has 0 N–H and O–H groups in total. The number of thioether (sulfide) groups is 1. The van der Waals surface area contributed by atoms with Crippen molar-refractivity contribution < 1.29 is 18.7 Å². The number of nitrogens with zero attached hydrogens (tertiary/aromatic N) is 2. The maximum Gasteiger partial charge on any atom is 0.410 e. The van der Waals surface area contributed by atoms with Gasteiger partial charge in [0.05, 0.1) is 7.11 Å². The Morgan fingerprint density at radius 1 is 1.28 bits per heavy atom. The molecule has 0 spiro atoms. The van der Waals surface area contributed by atoms with Gasteiger partial charge in [0, 0.05) is 36.2 Å². The average Bonchev–Trinajstić information content (AvgIpc) is 2.54. The maximum absolute atomic E-state index is 15.2. The second kappa shape index (κ2) is 7.81. The van der Waals surface area contributed by atoms with E-state index >= 15 is 4.39 Å². The van der Waals surface area contributed by atoms with E-state index in [2.05, 4.69) is 4.98 Å². The third kappa shape index (κ3) is 5.76. The van der Waals surface area contributed by atoms with Gasteiger partial charge in [0.1, 0.15) is 5.60 Å². The number of amides is 1. The Balaban J connectivity index is 1.90. The summed E-state index contributed by atoms with van der Waals surface area (Å²) in [6, 6.07) is 3.54. The Labute approximate surface area is 153 Å². The van der Waals surface area contributed by atoms with Gasteiger partial charge in [-0.15, -0.1) is 0 Å². The number of ether oxygens (including phenoxy) is 2. The Bertz CT molecular complexity index is 579. The smallest absolute Gasteiger partial charge is 0.410 e. The minimum atomic E-state index is -1.42. The van der Waals surface area contributed by atoms with Crippen LogP contribution in [0.1, 0.15) is 40.5 Å². The van der Waals surface area contributed by atoms with E-state index in [1.165, 1.54) is 11.8 Å². The lowest BCUT2D eigenvalue weighted by molar-refractivity contribution is 0.0135. The van der Waals surface area contributed by atoms with E-state index in [1.807, 2.05) is 26.8 Å². The van der Waals surface area contributed by atoms with E-state index in [-0.39, 0.29) is 12.0 Å². The zero-order chi connectivity index (χ0) is 18.7. The average molecular weight is 370 g/mol. The third-order valence-corrected chi connectivity index (χ3v) is 5.32. The van der Waals surface area contributed by atoms with Crippen molar-refractivity contribution in [3.8, 4) is 5.88 Å². The van der Waals surface area contributed by atoms with Crippen molar-refractivity contribution in [1.29, 1.82) is 0 Å². The molecule has 1 unspecified atom stereocenters. The standard InChI is InChI=1S/C18H27FN2O3S/c1-17(2,3)24-16(22)21-10-8-13(9-11-21)18(4,19)25-14-6-7-15(23-5)20-12-14/h6-7,12-13H,8-11H2,1-5H3. The second-order valence-electron chi connectivity index (χ2n) is 7.37. The zero-order valence-electron chi connectivity index (χ0n) is 15.5. The van der Waals surface area contributed by atoms with Crippen LogP contribution in [-0.2, 0) is 4.74 Å². The molecule has 0 aromatic carbocycles. The summed E-state index contributed by atoms with van der Waals surface area (Å²) in [5.74, 6) is 0.383. The lowest BCUT2D eigenvalue weighted by atomic mass is 9.92. The van der Waals surface area contributed by atoms with Crippen molar-refractivity contribution in [2.45, 2.75) is 56.0 Å². The van der Waals surface area contributed by atoms with Gasteiger partial charge >= 0.3 is 6.09 Å². The molecule has 5 nitrogen and oxygen atoms in total. The van der Waals surface area contributed by atoms with Gasteiger partial charge in [-0.1, -0.05) is 11.8 Å². The van der Waals surface area contributed by atoms with Gasteiger partial charge in [0.2, 0.25) is 5.88 Å². The number of piperidine rings is 1. The first-order valence-corrected chi connectivity index (χ1v) is 9.28. The molecular formula is C18H27FN2O3S. The first kappa shape index (κ1) is 19.8. The number of methoxy groups -OCH3 is 1. The quantitative estimate of drug-likeness (QED) is 0.730. The zero-order valence-corrected chi connectivity index (χ0v) is 16.4. The molecule has 1 saturated heterocycles. The monoisotopic (exact) mass is 370 g/mol. The lowest BCUT2D eigenvalue weighted by Crippen LogP contribution is -2.44. The third-order valence-electron chi connectivity index (χ3n) is 4.11. The Morgan fingerprint density at radius 3 is 2.40 bits per heavy atom. The van der Waals surface area contributed by atoms with Crippen molar-refractivity contribution in [1.82, 2.24) is 9.88 Å². The summed E-state index contributed by atoms with van der Waals surface area (Å²) in [5, 5.41) is -1.42. The molecule has 0 bridgehead atoms. The lowest BCUT2D eigenvalue weighted by Gasteiger charge is -2.38. The number of rotatable bonds is 4. The Hall–Kier alpha value is -1.50. The fourth-order valence-electron chi connectivity index (χ4n) is 2.77. The van der Waals surface area contributed by atoms with Crippen LogP contribution >= 0.6 is 11.8 Å². The number of carbonyl (C=O) groups is 1. The molecule has 1 aromatic heterocycles. The summed E-state index contributed by atoms with van der Waals surface area (Å²) >= 11 is 1.17. The van der Waals surface area contributed by atoms with Crippen LogP contribution in [0, 0.1) is 5.92 Å². The highest BCUT2D eigenvalue weighted by molar-refractivity contribution is 8.00. The molecule has 0 saturated carbocycles. The first-order valence-electron chi connectivity index (χ1n) is 8.46. The van der Waals surface area contributed by atoms with Crippen LogP contribution in [0.5, 0.6) is 5.88 Å². The number of likely N-dealkylation sites (tertiary alicyclic amines) is 1. The van der Waals surface area contributed by atoms with E-state index in [1.54, 1.807) is 31.2 Å². The number of halogens is 1. The van der Waals surface area contributed by atoms with Crippen LogP contribution in [-0.4, -0.2) is 46.8 Å². The minimum absolute atomic E-state index is 0.127. The summed E-state index contributed by atoms with van der Waals surface area (Å²) < 4.78 is 25.6. The molecule has 0 aliphatic carbocycles. The van der Waals surface area contributed by atoms with Gasteiger partial charge in [-0.05, 0) is 46.6 Å². The van der Waals surface area contributed by atoms with E-state index in [4.69, 9.17) is 9.47 Å². The minimum Gasteiger partial charge on any atom is -0.481 e. The molecule has 2 heterocycles. The number of alkyl halides is 1. The maximum atomic E-state index is 15.2. The number of hydrogen-bond acceptors (Lipinski definition) is 5.